The summed E-state index contributed by atoms with van der Waals surface area (Å²) in [6.45, 7) is 0.574. The number of methoxy groups -OCH3 is 1. The van der Waals surface area contributed by atoms with Crippen LogP contribution in [-0.4, -0.2) is 41.4 Å². The lowest BCUT2D eigenvalue weighted by Gasteiger charge is -2.11. The van der Waals surface area contributed by atoms with Gasteiger partial charge in [0.15, 0.2) is 17.3 Å². The van der Waals surface area contributed by atoms with Crippen molar-refractivity contribution in [2.45, 2.75) is 12.8 Å². The highest BCUT2D eigenvalue weighted by Gasteiger charge is 2.15. The highest BCUT2D eigenvalue weighted by Crippen LogP contribution is 2.34. The number of hydrogen-bond acceptors (Lipinski definition) is 7. The second-order valence-electron chi connectivity index (χ2n) is 5.39. The Morgan fingerprint density at radius 3 is 2.32 bits per heavy atom. The predicted octanol–water partition coefficient (Wildman–Crippen LogP) is 1.96. The molecule has 0 aliphatic carbocycles. The van der Waals surface area contributed by atoms with Crippen molar-refractivity contribution in [3.8, 4) is 28.7 Å². The van der Waals surface area contributed by atoms with Gasteiger partial charge in [0, 0.05) is 36.2 Å². The third kappa shape index (κ3) is 4.54. The maximum atomic E-state index is 12.2. The predicted molar refractivity (Wildman–Crippen MR) is 91.6 cm³/mol. The van der Waals surface area contributed by atoms with Crippen LogP contribution in [0.1, 0.15) is 22.3 Å². The number of carbonyl (C=O) groups is 1. The Balaban J connectivity index is 2.07. The molecule has 0 amide bonds. The molecule has 0 aliphatic rings. The van der Waals surface area contributed by atoms with Crippen LogP contribution in [0.15, 0.2) is 30.3 Å². The van der Waals surface area contributed by atoms with Crippen molar-refractivity contribution in [1.82, 2.24) is 0 Å². The van der Waals surface area contributed by atoms with E-state index in [4.69, 9.17) is 15.2 Å². The Morgan fingerprint density at radius 1 is 1.08 bits per heavy atom. The maximum Gasteiger partial charge on any atom is 0.163 e. The fourth-order valence-corrected chi connectivity index (χ4v) is 2.38. The molecule has 7 nitrogen and oxygen atoms in total. The Hall–Kier alpha value is -2.93. The molecule has 0 unspecified atom stereocenters. The topological polar surface area (TPSA) is 122 Å². The zero-order chi connectivity index (χ0) is 18.4. The maximum absolute atomic E-state index is 12.2. The molecule has 0 aliphatic heterocycles. The summed E-state index contributed by atoms with van der Waals surface area (Å²) in [6.07, 6.45) is 0.191. The van der Waals surface area contributed by atoms with Gasteiger partial charge in [-0.3, -0.25) is 4.79 Å². The van der Waals surface area contributed by atoms with E-state index in [1.54, 1.807) is 6.07 Å². The Kier molecular flexibility index (Phi) is 6.08. The minimum atomic E-state index is -0.236. The first kappa shape index (κ1) is 18.4. The van der Waals surface area contributed by atoms with Gasteiger partial charge < -0.3 is 30.5 Å². The van der Waals surface area contributed by atoms with Gasteiger partial charge in [0.1, 0.15) is 23.9 Å². The van der Waals surface area contributed by atoms with E-state index in [1.807, 2.05) is 0 Å². The molecule has 0 saturated carbocycles. The van der Waals surface area contributed by atoms with Crippen molar-refractivity contribution in [3.63, 3.8) is 0 Å². The molecule has 0 fully saturated rings. The third-order valence-electron chi connectivity index (χ3n) is 3.67. The highest BCUT2D eigenvalue weighted by atomic mass is 16.5. The van der Waals surface area contributed by atoms with Gasteiger partial charge in [-0.05, 0) is 24.6 Å². The van der Waals surface area contributed by atoms with Crippen LogP contribution < -0.4 is 15.2 Å². The number of phenolic OH excluding ortho intramolecular Hbond substituents is 3. The number of hydrogen-bond donors (Lipinski definition) is 4. The minimum Gasteiger partial charge on any atom is -0.507 e. The summed E-state index contributed by atoms with van der Waals surface area (Å²) < 4.78 is 10.2. The molecule has 0 spiro atoms. The van der Waals surface area contributed by atoms with Gasteiger partial charge >= 0.3 is 0 Å². The number of nitrogens with two attached hydrogens (primary N) is 1. The van der Waals surface area contributed by atoms with Crippen molar-refractivity contribution >= 4 is 5.78 Å². The molecule has 2 aromatic rings. The summed E-state index contributed by atoms with van der Waals surface area (Å²) in [6, 6.07) is 7.11. The van der Waals surface area contributed by atoms with Gasteiger partial charge in [0.05, 0.1) is 7.11 Å². The van der Waals surface area contributed by atoms with E-state index in [-0.39, 0.29) is 53.8 Å². The second kappa shape index (κ2) is 8.25. The standard InChI is InChI=1S/C18H21NO6/c1-24-18-5-2-11(8-17(18)23)14(20)4-3-13-15(21)9-12(10-16(13)22)25-7-6-19/h2,5,8-10,21-23H,3-4,6-7,19H2,1H3. The molecular formula is C18H21NO6. The first-order chi connectivity index (χ1) is 12.0. The molecule has 2 rings (SSSR count). The number of ketones is 1. The van der Waals surface area contributed by atoms with Crippen LogP contribution in [0.5, 0.6) is 28.7 Å². The molecule has 0 aromatic heterocycles. The van der Waals surface area contributed by atoms with Crippen LogP contribution in [0.25, 0.3) is 0 Å². The number of carbonyl (C=O) groups excluding carboxylic acids is 1. The van der Waals surface area contributed by atoms with Crippen molar-refractivity contribution in [2.24, 2.45) is 5.73 Å². The summed E-state index contributed by atoms with van der Waals surface area (Å²) >= 11 is 0. The molecule has 134 valence electrons. The molecule has 7 heteroatoms. The van der Waals surface area contributed by atoms with Gasteiger partial charge in [-0.15, -0.1) is 0 Å². The van der Waals surface area contributed by atoms with Crippen LogP contribution >= 0.6 is 0 Å². The van der Waals surface area contributed by atoms with Crippen LogP contribution in [0.2, 0.25) is 0 Å². The number of Topliss-reactive ketones (excluding diaryl/α,β-unsaturated/α-hetero) is 1. The smallest absolute Gasteiger partial charge is 0.163 e. The summed E-state index contributed by atoms with van der Waals surface area (Å²) in [7, 11) is 1.42. The first-order valence-electron chi connectivity index (χ1n) is 7.74. The summed E-state index contributed by atoms with van der Waals surface area (Å²) in [5.41, 5.74) is 5.91. The largest absolute Gasteiger partial charge is 0.507 e. The van der Waals surface area contributed by atoms with Crippen molar-refractivity contribution in [1.29, 1.82) is 0 Å². The first-order valence-corrected chi connectivity index (χ1v) is 7.74. The average Bonchev–Trinajstić information content (AvgIpc) is 2.58. The van der Waals surface area contributed by atoms with E-state index in [0.29, 0.717) is 17.9 Å². The highest BCUT2D eigenvalue weighted by molar-refractivity contribution is 5.96. The molecule has 0 bridgehead atoms. The van der Waals surface area contributed by atoms with E-state index >= 15 is 0 Å². The lowest BCUT2D eigenvalue weighted by Crippen LogP contribution is -2.10. The van der Waals surface area contributed by atoms with E-state index in [1.165, 1.54) is 31.4 Å². The number of ether oxygens (including phenoxy) is 2. The van der Waals surface area contributed by atoms with Gasteiger partial charge in [-0.1, -0.05) is 0 Å². The fourth-order valence-electron chi connectivity index (χ4n) is 2.38. The molecule has 5 N–H and O–H groups in total. The molecule has 25 heavy (non-hydrogen) atoms. The lowest BCUT2D eigenvalue weighted by molar-refractivity contribution is 0.0982. The van der Waals surface area contributed by atoms with Crippen molar-refractivity contribution in [3.05, 3.63) is 41.5 Å². The average molecular weight is 347 g/mol. The SMILES string of the molecule is COc1ccc(C(=O)CCc2c(O)cc(OCCN)cc2O)cc1O. The quantitative estimate of drug-likeness (QED) is 0.538. The Bertz CT molecular complexity index is 736. The normalized spacial score (nSPS) is 10.5. The fraction of sp³-hybridized carbons (Fsp3) is 0.278. The third-order valence-corrected chi connectivity index (χ3v) is 3.67. The van der Waals surface area contributed by atoms with Gasteiger partial charge in [0.25, 0.3) is 0 Å². The minimum absolute atomic E-state index is 0.0515. The lowest BCUT2D eigenvalue weighted by atomic mass is 10.0. The number of benzene rings is 2. The summed E-state index contributed by atoms with van der Waals surface area (Å²) in [4.78, 5) is 12.2. The van der Waals surface area contributed by atoms with E-state index in [0.717, 1.165) is 0 Å². The van der Waals surface area contributed by atoms with E-state index in [9.17, 15) is 20.1 Å². The van der Waals surface area contributed by atoms with Gasteiger partial charge in [-0.25, -0.2) is 0 Å². The number of aromatic hydroxyl groups is 3. The van der Waals surface area contributed by atoms with Crippen LogP contribution in [0.4, 0.5) is 0 Å². The van der Waals surface area contributed by atoms with Gasteiger partial charge in [0.2, 0.25) is 0 Å². The number of phenols is 3. The summed E-state index contributed by atoms with van der Waals surface area (Å²) in [5.74, 6) is -0.0917. The molecule has 0 heterocycles. The molecular weight excluding hydrogens is 326 g/mol. The van der Waals surface area contributed by atoms with Crippen LogP contribution in [0.3, 0.4) is 0 Å². The van der Waals surface area contributed by atoms with Crippen LogP contribution in [-0.2, 0) is 6.42 Å². The molecule has 0 atom stereocenters. The molecule has 0 saturated heterocycles. The Labute approximate surface area is 145 Å². The molecule has 0 radical (unpaired) electrons. The van der Waals surface area contributed by atoms with E-state index in [2.05, 4.69) is 0 Å². The summed E-state index contributed by atoms with van der Waals surface area (Å²) in [5, 5.41) is 29.8. The van der Waals surface area contributed by atoms with Crippen molar-refractivity contribution in [2.75, 3.05) is 20.3 Å². The van der Waals surface area contributed by atoms with E-state index < -0.39 is 0 Å². The zero-order valence-electron chi connectivity index (χ0n) is 13.9. The van der Waals surface area contributed by atoms with Gasteiger partial charge in [-0.2, -0.15) is 0 Å². The second-order valence-corrected chi connectivity index (χ2v) is 5.39. The molecule has 2 aromatic carbocycles. The Morgan fingerprint density at radius 2 is 1.76 bits per heavy atom. The monoisotopic (exact) mass is 347 g/mol. The zero-order valence-corrected chi connectivity index (χ0v) is 13.9. The number of rotatable bonds is 8. The van der Waals surface area contributed by atoms with Crippen LogP contribution in [0, 0.1) is 0 Å². The van der Waals surface area contributed by atoms with Crippen molar-refractivity contribution < 1.29 is 29.6 Å².